The van der Waals surface area contributed by atoms with E-state index in [9.17, 15) is 14.9 Å². The molecule has 1 aliphatic rings. The van der Waals surface area contributed by atoms with Gasteiger partial charge >= 0.3 is 0 Å². The number of thioether (sulfide) groups is 1. The predicted molar refractivity (Wildman–Crippen MR) is 162 cm³/mol. The van der Waals surface area contributed by atoms with E-state index in [0.29, 0.717) is 33.3 Å². The van der Waals surface area contributed by atoms with Crippen molar-refractivity contribution in [2.45, 2.75) is 12.8 Å². The summed E-state index contributed by atoms with van der Waals surface area (Å²) in [6, 6.07) is 26.9. The van der Waals surface area contributed by atoms with Crippen molar-refractivity contribution in [1.82, 2.24) is 5.32 Å². The maximum absolute atomic E-state index is 13.6. The SMILES string of the molecule is COc1ccccc1NC(=O)C1=C(C)NC(SCC(=O)Nc2cccc3ccccc23)=C(C#N)[C@@H]1c1cccs1. The second-order valence-corrected chi connectivity index (χ2v) is 10.9. The van der Waals surface area contributed by atoms with Crippen molar-refractivity contribution in [3.05, 3.63) is 111 Å². The number of thiophene rings is 1. The number of allylic oxidation sites excluding steroid dienone is 2. The number of dihydropyridines is 1. The second kappa shape index (κ2) is 12.1. The van der Waals surface area contributed by atoms with Crippen LogP contribution in [0.25, 0.3) is 10.8 Å². The molecule has 0 aliphatic carbocycles. The molecule has 0 saturated carbocycles. The molecular weight excluding hydrogens is 541 g/mol. The number of anilines is 2. The number of carbonyl (C=O) groups excluding carboxylic acids is 2. The molecule has 3 N–H and O–H groups in total. The molecule has 3 aromatic carbocycles. The molecule has 2 amide bonds. The second-order valence-electron chi connectivity index (χ2n) is 8.98. The molecule has 0 unspecified atom stereocenters. The predicted octanol–water partition coefficient (Wildman–Crippen LogP) is 6.62. The zero-order valence-corrected chi connectivity index (χ0v) is 23.5. The lowest BCUT2D eigenvalue weighted by Crippen LogP contribution is -2.31. The Morgan fingerprint density at radius 1 is 1.00 bits per heavy atom. The van der Waals surface area contributed by atoms with Crippen LogP contribution in [-0.4, -0.2) is 24.7 Å². The standard InChI is InChI=1S/C31H26N4O3S2/c1-19-28(30(37)35-24-12-5-6-14-25(24)38-2)29(26-15-8-16-39-26)22(17-32)31(33-19)40-18-27(36)34-23-13-7-10-20-9-3-4-11-21(20)23/h3-16,29,33H,18H2,1-2H3,(H,34,36)(H,35,37)/t29-/m1/s1. The summed E-state index contributed by atoms with van der Waals surface area (Å²) in [5.41, 5.74) is 2.71. The van der Waals surface area contributed by atoms with Crippen molar-refractivity contribution >= 4 is 57.1 Å². The number of methoxy groups -OCH3 is 1. The van der Waals surface area contributed by atoms with Crippen LogP contribution >= 0.6 is 23.1 Å². The molecule has 9 heteroatoms. The summed E-state index contributed by atoms with van der Waals surface area (Å²) in [7, 11) is 1.54. The molecule has 5 rings (SSSR count). The van der Waals surface area contributed by atoms with E-state index in [0.717, 1.165) is 21.3 Å². The van der Waals surface area contributed by atoms with Crippen molar-refractivity contribution in [1.29, 1.82) is 5.26 Å². The van der Waals surface area contributed by atoms with E-state index >= 15 is 0 Å². The maximum atomic E-state index is 13.6. The fourth-order valence-electron chi connectivity index (χ4n) is 4.66. The number of benzene rings is 3. The number of hydrogen-bond donors (Lipinski definition) is 3. The third-order valence-electron chi connectivity index (χ3n) is 6.49. The van der Waals surface area contributed by atoms with Crippen LogP contribution in [-0.2, 0) is 9.59 Å². The van der Waals surface area contributed by atoms with Gasteiger partial charge in [0.05, 0.1) is 41.1 Å². The molecule has 200 valence electrons. The highest BCUT2D eigenvalue weighted by Gasteiger charge is 2.35. The highest BCUT2D eigenvalue weighted by Crippen LogP contribution is 2.42. The van der Waals surface area contributed by atoms with Gasteiger partial charge in [0.25, 0.3) is 5.91 Å². The number of amides is 2. The minimum atomic E-state index is -0.579. The molecule has 2 heterocycles. The molecule has 40 heavy (non-hydrogen) atoms. The number of nitrogens with one attached hydrogen (secondary N) is 3. The van der Waals surface area contributed by atoms with Crippen molar-refractivity contribution in [2.75, 3.05) is 23.5 Å². The lowest BCUT2D eigenvalue weighted by molar-refractivity contribution is -0.114. The Kier molecular flexibility index (Phi) is 8.20. The number of fused-ring (bicyclic) bond motifs is 1. The smallest absolute Gasteiger partial charge is 0.254 e. The Hall–Kier alpha value is -4.52. The van der Waals surface area contributed by atoms with Crippen molar-refractivity contribution in [2.24, 2.45) is 0 Å². The minimum Gasteiger partial charge on any atom is -0.495 e. The molecule has 1 aromatic heterocycles. The van der Waals surface area contributed by atoms with Crippen molar-refractivity contribution in [3.8, 4) is 11.8 Å². The minimum absolute atomic E-state index is 0.0872. The lowest BCUT2D eigenvalue weighted by Gasteiger charge is -2.29. The highest BCUT2D eigenvalue weighted by molar-refractivity contribution is 8.03. The first-order chi connectivity index (χ1) is 19.5. The summed E-state index contributed by atoms with van der Waals surface area (Å²) in [6.45, 7) is 1.81. The molecule has 7 nitrogen and oxygen atoms in total. The first-order valence-electron chi connectivity index (χ1n) is 12.5. The van der Waals surface area contributed by atoms with Crippen molar-refractivity contribution in [3.63, 3.8) is 0 Å². The van der Waals surface area contributed by atoms with Crippen LogP contribution in [0.3, 0.4) is 0 Å². The maximum Gasteiger partial charge on any atom is 0.254 e. The third kappa shape index (κ3) is 5.59. The molecule has 0 fully saturated rings. The number of nitriles is 1. The number of carbonyl (C=O) groups is 2. The van der Waals surface area contributed by atoms with Crippen molar-refractivity contribution < 1.29 is 14.3 Å². The normalized spacial score (nSPS) is 14.9. The summed E-state index contributed by atoms with van der Waals surface area (Å²) in [5.74, 6) is -0.482. The van der Waals surface area contributed by atoms with Crippen LogP contribution in [0.15, 0.2) is 106 Å². The van der Waals surface area contributed by atoms with Crippen LogP contribution in [0.2, 0.25) is 0 Å². The topological polar surface area (TPSA) is 103 Å². The van der Waals surface area contributed by atoms with E-state index in [1.165, 1.54) is 23.1 Å². The number of hydrogen-bond acceptors (Lipinski definition) is 7. The third-order valence-corrected chi connectivity index (χ3v) is 8.44. The molecule has 1 atom stereocenters. The average molecular weight is 567 g/mol. The summed E-state index contributed by atoms with van der Waals surface area (Å²) >= 11 is 2.72. The zero-order chi connectivity index (χ0) is 28.1. The first kappa shape index (κ1) is 27.1. The first-order valence-corrected chi connectivity index (χ1v) is 14.4. The molecular formula is C31H26N4O3S2. The van der Waals surface area contributed by atoms with Gasteiger partial charge in [-0.3, -0.25) is 9.59 Å². The van der Waals surface area contributed by atoms with E-state index in [2.05, 4.69) is 22.0 Å². The van der Waals surface area contributed by atoms with Gasteiger partial charge in [0.1, 0.15) is 5.75 Å². The Balaban J connectivity index is 1.39. The van der Waals surface area contributed by atoms with Gasteiger partial charge in [0.2, 0.25) is 5.91 Å². The van der Waals surface area contributed by atoms with Gasteiger partial charge in [-0.25, -0.2) is 0 Å². The van der Waals surface area contributed by atoms with Crippen LogP contribution in [0.5, 0.6) is 5.75 Å². The van der Waals surface area contributed by atoms with Gasteiger partial charge in [-0.15, -0.1) is 11.3 Å². The molecule has 4 aromatic rings. The lowest BCUT2D eigenvalue weighted by atomic mass is 9.86. The fourth-order valence-corrected chi connectivity index (χ4v) is 6.40. The van der Waals surface area contributed by atoms with Gasteiger partial charge in [0, 0.05) is 27.2 Å². The van der Waals surface area contributed by atoms with Crippen LogP contribution in [0, 0.1) is 11.3 Å². The highest BCUT2D eigenvalue weighted by atomic mass is 32.2. The largest absolute Gasteiger partial charge is 0.495 e. The summed E-state index contributed by atoms with van der Waals surface area (Å²) in [6.07, 6.45) is 0. The van der Waals surface area contributed by atoms with Gasteiger partial charge in [-0.2, -0.15) is 5.26 Å². The van der Waals surface area contributed by atoms with Gasteiger partial charge in [-0.05, 0) is 42.0 Å². The molecule has 0 bridgehead atoms. The van der Waals surface area contributed by atoms with Gasteiger partial charge < -0.3 is 20.7 Å². The van der Waals surface area contributed by atoms with E-state index in [4.69, 9.17) is 4.74 Å². The van der Waals surface area contributed by atoms with Gasteiger partial charge in [0.15, 0.2) is 0 Å². The van der Waals surface area contributed by atoms with Crippen LogP contribution in [0.1, 0.15) is 17.7 Å². The van der Waals surface area contributed by atoms with Crippen LogP contribution < -0.4 is 20.7 Å². The Labute approximate surface area is 240 Å². The molecule has 0 spiro atoms. The number of ether oxygens (including phenoxy) is 1. The fraction of sp³-hybridized carbons (Fsp3) is 0.129. The monoisotopic (exact) mass is 566 g/mol. The zero-order valence-electron chi connectivity index (χ0n) is 21.9. The summed E-state index contributed by atoms with van der Waals surface area (Å²) < 4.78 is 5.39. The summed E-state index contributed by atoms with van der Waals surface area (Å²) in [5, 5.41) is 23.9. The molecule has 1 aliphatic heterocycles. The average Bonchev–Trinajstić information content (AvgIpc) is 3.51. The quantitative estimate of drug-likeness (QED) is 0.222. The summed E-state index contributed by atoms with van der Waals surface area (Å²) in [4.78, 5) is 27.5. The molecule has 0 saturated heterocycles. The van der Waals surface area contributed by atoms with E-state index < -0.39 is 5.92 Å². The van der Waals surface area contributed by atoms with E-state index in [1.54, 1.807) is 19.2 Å². The van der Waals surface area contributed by atoms with Crippen LogP contribution in [0.4, 0.5) is 11.4 Å². The Morgan fingerprint density at radius 2 is 1.75 bits per heavy atom. The number of rotatable bonds is 8. The Bertz CT molecular complexity index is 1680. The number of para-hydroxylation sites is 2. The Morgan fingerprint density at radius 3 is 2.52 bits per heavy atom. The van der Waals surface area contributed by atoms with E-state index in [1.807, 2.05) is 79.0 Å². The number of nitrogens with zero attached hydrogens (tertiary/aromatic N) is 1. The van der Waals surface area contributed by atoms with E-state index in [-0.39, 0.29) is 17.6 Å². The molecule has 0 radical (unpaired) electrons. The van der Waals surface area contributed by atoms with Gasteiger partial charge in [-0.1, -0.05) is 66.4 Å².